The third-order valence-electron chi connectivity index (χ3n) is 10.0. The second kappa shape index (κ2) is 18.3. The lowest BCUT2D eigenvalue weighted by molar-refractivity contribution is 0.0137. The van der Waals surface area contributed by atoms with Crippen molar-refractivity contribution in [2.24, 2.45) is 29.2 Å². The largest absolute Gasteiger partial charge is 0.491 e. The summed E-state index contributed by atoms with van der Waals surface area (Å²) in [5, 5.41) is 4.84. The third-order valence-corrected chi connectivity index (χ3v) is 12.3. The van der Waals surface area contributed by atoms with Crippen molar-refractivity contribution in [1.82, 2.24) is 14.5 Å². The van der Waals surface area contributed by atoms with Crippen LogP contribution in [0, 0.1) is 17.8 Å². The van der Waals surface area contributed by atoms with E-state index in [1.807, 2.05) is 44.2 Å². The average molecular weight is 766 g/mol. The lowest BCUT2D eigenvalue weighted by atomic mass is 9.70. The minimum absolute atomic E-state index is 0.0377. The number of fused-ring (bicyclic) bond motifs is 2. The predicted molar refractivity (Wildman–Crippen MR) is 210 cm³/mol. The number of aromatic nitrogens is 2. The van der Waals surface area contributed by atoms with Crippen molar-refractivity contribution in [1.29, 1.82) is 0 Å². The lowest BCUT2D eigenvalue weighted by Crippen LogP contribution is -2.43. The van der Waals surface area contributed by atoms with Gasteiger partial charge in [0.1, 0.15) is 21.2 Å². The quantitative estimate of drug-likeness (QED) is 0.177. The van der Waals surface area contributed by atoms with Crippen LogP contribution >= 0.6 is 11.6 Å². The van der Waals surface area contributed by atoms with Crippen LogP contribution in [0.25, 0.3) is 0 Å². The molecule has 2 heterocycles. The van der Waals surface area contributed by atoms with E-state index in [9.17, 15) is 13.8 Å². The lowest BCUT2D eigenvalue weighted by Gasteiger charge is -2.43. The summed E-state index contributed by atoms with van der Waals surface area (Å²) in [5.74, 6) is -0.246. The number of methoxy groups -OCH3 is 2. The third kappa shape index (κ3) is 10.1. The molecule has 5 atom stereocenters. The van der Waals surface area contributed by atoms with E-state index in [1.165, 1.54) is 23.6 Å². The standard InChI is InChI=1S/C40H52ClN5O6S/c1-7-9-12-27(3)26-53(49,44-39(48)34-25-45(4)42-40(34)51-6)43-38(47)29-16-19-37-35(22-29)46(24-31-15-18-33(31)36(8-2)50-5)23-30-14-17-32(41)21-28(30)13-10-11-20-52-37/h7-9,14,16-17,19,21-22,25,27,31,33,36H,2,10-13,15,18,20,23-24,26H2,1,3-6H3,(H,43,44,47,48,49)/b9-7+/t27?,31-,33+,36?,53?/m0/s1. The van der Waals surface area contributed by atoms with E-state index in [-0.39, 0.29) is 34.8 Å². The molecule has 11 nitrogen and oxygen atoms in total. The van der Waals surface area contributed by atoms with Crippen molar-refractivity contribution >= 4 is 39.0 Å². The molecule has 2 aliphatic rings. The van der Waals surface area contributed by atoms with E-state index in [1.54, 1.807) is 32.4 Å². The Morgan fingerprint density at radius 2 is 2.00 bits per heavy atom. The SMILES string of the molecule is C=CC(OC)[C@@H]1CC[C@H]1CN1Cc2ccc(Cl)cc2CCCCOc2ccc(C(=O)N=S(=O)(CC(C)C/C=C/C)NC(=O)c3cn(C)nc3OC)cc21. The smallest absolute Gasteiger partial charge is 0.286 e. The van der Waals surface area contributed by atoms with Crippen molar-refractivity contribution in [2.45, 2.75) is 65.0 Å². The summed E-state index contributed by atoms with van der Waals surface area (Å²) in [4.78, 5) is 29.9. The molecule has 5 rings (SSSR count). The summed E-state index contributed by atoms with van der Waals surface area (Å²) in [6.45, 7) is 9.57. The van der Waals surface area contributed by atoms with Gasteiger partial charge in [0.05, 0.1) is 31.3 Å². The van der Waals surface area contributed by atoms with Gasteiger partial charge in [0.2, 0.25) is 5.88 Å². The molecule has 1 aliphatic carbocycles. The molecule has 53 heavy (non-hydrogen) atoms. The zero-order chi connectivity index (χ0) is 38.1. The van der Waals surface area contributed by atoms with Gasteiger partial charge in [0, 0.05) is 44.0 Å². The van der Waals surface area contributed by atoms with Gasteiger partial charge in [-0.2, -0.15) is 0 Å². The number of rotatable bonds is 13. The number of aryl methyl sites for hydroxylation is 2. The molecule has 2 aromatic carbocycles. The topological polar surface area (TPSA) is 124 Å². The minimum Gasteiger partial charge on any atom is -0.491 e. The number of hydrogen-bond acceptors (Lipinski definition) is 8. The number of allylic oxidation sites excluding steroid dienone is 2. The molecule has 3 unspecified atom stereocenters. The Hall–Kier alpha value is -4.13. The van der Waals surface area contributed by atoms with E-state index >= 15 is 0 Å². The summed E-state index contributed by atoms with van der Waals surface area (Å²) in [6.07, 6.45) is 12.5. The summed E-state index contributed by atoms with van der Waals surface area (Å²) >= 11 is 6.47. The molecule has 1 saturated carbocycles. The molecule has 2 amide bonds. The highest BCUT2D eigenvalue weighted by atomic mass is 35.5. The number of anilines is 1. The van der Waals surface area contributed by atoms with E-state index in [0.29, 0.717) is 48.7 Å². The van der Waals surface area contributed by atoms with Gasteiger partial charge < -0.3 is 19.1 Å². The number of ether oxygens (including phenoxy) is 3. The molecule has 1 N–H and O–H groups in total. The fourth-order valence-corrected chi connectivity index (χ4v) is 9.20. The molecule has 13 heteroatoms. The molecule has 1 aliphatic heterocycles. The van der Waals surface area contributed by atoms with E-state index in [0.717, 1.165) is 43.4 Å². The van der Waals surface area contributed by atoms with Crippen LogP contribution < -0.4 is 19.1 Å². The van der Waals surface area contributed by atoms with E-state index < -0.39 is 21.7 Å². The van der Waals surface area contributed by atoms with Crippen LogP contribution in [0.1, 0.15) is 77.8 Å². The Morgan fingerprint density at radius 3 is 2.70 bits per heavy atom. The van der Waals surface area contributed by atoms with Gasteiger partial charge in [-0.25, -0.2) is 4.21 Å². The highest BCUT2D eigenvalue weighted by molar-refractivity contribution is 7.92. The summed E-state index contributed by atoms with van der Waals surface area (Å²) in [5.41, 5.74) is 3.40. The molecule has 0 saturated heterocycles. The van der Waals surface area contributed by atoms with Crippen LogP contribution in [-0.2, 0) is 34.7 Å². The van der Waals surface area contributed by atoms with Crippen molar-refractivity contribution < 1.29 is 28.0 Å². The Balaban J connectivity index is 1.56. The van der Waals surface area contributed by atoms with Crippen molar-refractivity contribution in [3.63, 3.8) is 0 Å². The first-order valence-corrected chi connectivity index (χ1v) is 20.3. The molecule has 286 valence electrons. The number of halogens is 1. The fraction of sp³-hybridized carbons (Fsp3) is 0.475. The number of hydrogen-bond donors (Lipinski definition) is 1. The molecule has 1 fully saturated rings. The van der Waals surface area contributed by atoms with Crippen molar-refractivity contribution in [2.75, 3.05) is 38.0 Å². The molecule has 3 aromatic rings. The van der Waals surface area contributed by atoms with Crippen LogP contribution in [0.15, 0.2) is 71.8 Å². The first kappa shape index (κ1) is 40.1. The highest BCUT2D eigenvalue weighted by Gasteiger charge is 2.37. The number of benzene rings is 2. The molecular formula is C40H52ClN5O6S. The number of nitrogens with one attached hydrogen (secondary N) is 1. The number of amides is 2. The molecular weight excluding hydrogens is 714 g/mol. The number of nitrogens with zero attached hydrogens (tertiary/aromatic N) is 4. The van der Waals surface area contributed by atoms with E-state index in [4.69, 9.17) is 25.8 Å². The summed E-state index contributed by atoms with van der Waals surface area (Å²) < 4.78 is 40.2. The van der Waals surface area contributed by atoms with Gasteiger partial charge in [-0.15, -0.1) is 16.0 Å². The second-order valence-corrected chi connectivity index (χ2v) is 16.4. The molecule has 0 bridgehead atoms. The van der Waals surface area contributed by atoms with Crippen LogP contribution in [0.5, 0.6) is 11.6 Å². The van der Waals surface area contributed by atoms with Crippen LogP contribution in [0.3, 0.4) is 0 Å². The Bertz CT molecular complexity index is 1940. The zero-order valence-corrected chi connectivity index (χ0v) is 33.0. The fourth-order valence-electron chi connectivity index (χ4n) is 7.12. The van der Waals surface area contributed by atoms with Gasteiger partial charge in [-0.1, -0.05) is 42.8 Å². The minimum atomic E-state index is -3.60. The van der Waals surface area contributed by atoms with Crippen LogP contribution in [-0.4, -0.2) is 65.0 Å². The second-order valence-electron chi connectivity index (χ2n) is 14.0. The maximum Gasteiger partial charge on any atom is 0.286 e. The summed E-state index contributed by atoms with van der Waals surface area (Å²) in [7, 11) is 1.16. The van der Waals surface area contributed by atoms with Gasteiger partial charge in [-0.05, 0) is 105 Å². The normalized spacial score (nSPS) is 19.6. The number of carbonyl (C=O) groups excluding carboxylic acids is 2. The zero-order valence-electron chi connectivity index (χ0n) is 31.4. The van der Waals surface area contributed by atoms with E-state index in [2.05, 4.69) is 31.7 Å². The Morgan fingerprint density at radius 1 is 1.19 bits per heavy atom. The maximum atomic E-state index is 14.5. The van der Waals surface area contributed by atoms with Gasteiger partial charge in [-0.3, -0.25) is 19.0 Å². The molecule has 0 radical (unpaired) electrons. The Labute approximate surface area is 319 Å². The van der Waals surface area contributed by atoms with Crippen molar-refractivity contribution in [3.8, 4) is 11.6 Å². The monoisotopic (exact) mass is 765 g/mol. The molecule has 0 spiro atoms. The summed E-state index contributed by atoms with van der Waals surface area (Å²) in [6, 6.07) is 11.3. The van der Waals surface area contributed by atoms with Crippen molar-refractivity contribution in [3.05, 3.63) is 94.7 Å². The predicted octanol–water partition coefficient (Wildman–Crippen LogP) is 7.59. The van der Waals surface area contributed by atoms with Gasteiger partial charge in [0.15, 0.2) is 0 Å². The maximum absolute atomic E-state index is 14.5. The van der Waals surface area contributed by atoms with Gasteiger partial charge >= 0.3 is 0 Å². The Kier molecular flexibility index (Phi) is 13.8. The number of carbonyl (C=O) groups is 2. The first-order valence-electron chi connectivity index (χ1n) is 18.2. The van der Waals surface area contributed by atoms with Crippen LogP contribution in [0.2, 0.25) is 5.02 Å². The first-order chi connectivity index (χ1) is 25.5. The highest BCUT2D eigenvalue weighted by Crippen LogP contribution is 2.42. The van der Waals surface area contributed by atoms with Crippen LogP contribution in [0.4, 0.5) is 5.69 Å². The van der Waals surface area contributed by atoms with Gasteiger partial charge in [0.25, 0.3) is 11.8 Å². The molecule has 1 aromatic heterocycles. The average Bonchev–Trinajstić information content (AvgIpc) is 3.50.